The second-order valence-corrected chi connectivity index (χ2v) is 1.21. The van der Waals surface area contributed by atoms with E-state index in [4.69, 9.17) is 10.2 Å². The van der Waals surface area contributed by atoms with Crippen LogP contribution in [0.1, 0.15) is 0 Å². The van der Waals surface area contributed by atoms with Crippen molar-refractivity contribution in [2.75, 3.05) is 0 Å². The second-order valence-electron chi connectivity index (χ2n) is 1.21. The average molecular weight is 112 g/mol. The summed E-state index contributed by atoms with van der Waals surface area (Å²) in [7, 11) is 0. The lowest BCUT2D eigenvalue weighted by Crippen LogP contribution is -2.07. The maximum Gasteiger partial charge on any atom is 0.541 e. The lowest BCUT2D eigenvalue weighted by atomic mass is 10.6. The van der Waals surface area contributed by atoms with Crippen LogP contribution in [0.5, 0.6) is 0 Å². The molecule has 1 aliphatic rings. The molecule has 0 unspecified atom stereocenters. The van der Waals surface area contributed by atoms with Gasteiger partial charge in [-0.15, -0.1) is 0 Å². The van der Waals surface area contributed by atoms with Crippen LogP contribution in [0.3, 0.4) is 0 Å². The molecule has 1 rings (SSSR count). The van der Waals surface area contributed by atoms with Gasteiger partial charge in [0.25, 0.3) is 0 Å². The van der Waals surface area contributed by atoms with E-state index in [-0.39, 0.29) is 5.88 Å². The number of nitrogens with zero attached hydrogens (tertiary/aromatic N) is 2. The Hall–Kier alpha value is -1.32. The van der Waals surface area contributed by atoms with Crippen molar-refractivity contribution >= 4 is 12.2 Å². The Morgan fingerprint density at radius 2 is 2.25 bits per heavy atom. The highest BCUT2D eigenvalue weighted by atomic mass is 16.3. The van der Waals surface area contributed by atoms with E-state index in [1.807, 2.05) is 0 Å². The summed E-state index contributed by atoms with van der Waals surface area (Å²) in [4.78, 5) is 6.50. The first-order valence-corrected chi connectivity index (χ1v) is 2.00. The monoisotopic (exact) mass is 112 g/mol. The zero-order valence-electron chi connectivity index (χ0n) is 3.94. The molecule has 0 aromatic rings. The lowest BCUT2D eigenvalue weighted by Gasteiger charge is -1.79. The van der Waals surface area contributed by atoms with E-state index in [0.717, 1.165) is 0 Å². The molecule has 0 saturated heterocycles. The third-order valence-corrected chi connectivity index (χ3v) is 0.628. The van der Waals surface area contributed by atoms with Crippen LogP contribution in [-0.2, 0) is 0 Å². The van der Waals surface area contributed by atoms with E-state index in [1.165, 1.54) is 12.3 Å². The van der Waals surface area contributed by atoms with Crippen molar-refractivity contribution in [1.29, 1.82) is 0 Å². The molecule has 0 aliphatic carbocycles. The predicted molar refractivity (Wildman–Crippen MR) is 29.0 cm³/mol. The number of aliphatic hydroxyl groups is 2. The Morgan fingerprint density at radius 1 is 1.50 bits per heavy atom. The van der Waals surface area contributed by atoms with Gasteiger partial charge >= 0.3 is 11.9 Å². The quantitative estimate of drug-likeness (QED) is 0.452. The zero-order valence-corrected chi connectivity index (χ0v) is 3.94. The van der Waals surface area contributed by atoms with Crippen LogP contribution in [0, 0.1) is 0 Å². The van der Waals surface area contributed by atoms with Crippen molar-refractivity contribution in [3.05, 3.63) is 12.0 Å². The largest absolute Gasteiger partial charge is 0.541 e. The maximum atomic E-state index is 8.50. The summed E-state index contributed by atoms with van der Waals surface area (Å²) in [5, 5.41) is 16.9. The van der Waals surface area contributed by atoms with Gasteiger partial charge in [-0.05, 0) is 4.99 Å². The van der Waals surface area contributed by atoms with Crippen LogP contribution < -0.4 is 4.99 Å². The third-order valence-electron chi connectivity index (χ3n) is 0.628. The van der Waals surface area contributed by atoms with E-state index in [1.54, 1.807) is 0 Å². The summed E-state index contributed by atoms with van der Waals surface area (Å²) in [6.07, 6.45) is 2.54. The first kappa shape index (κ1) is 4.83. The molecule has 1 heterocycles. The predicted octanol–water partition coefficient (Wildman–Crippen LogP) is -0.280. The van der Waals surface area contributed by atoms with Crippen molar-refractivity contribution < 1.29 is 10.2 Å². The van der Waals surface area contributed by atoms with Gasteiger partial charge in [0, 0.05) is 4.99 Å². The first-order chi connectivity index (χ1) is 3.79. The zero-order chi connectivity index (χ0) is 5.98. The molecule has 2 N–H and O–H groups in total. The van der Waals surface area contributed by atoms with Crippen LogP contribution in [0.25, 0.3) is 0 Å². The number of hydrogen-bond acceptors (Lipinski definition) is 3. The molecule has 41 valence electrons. The molecule has 4 nitrogen and oxygen atoms in total. The van der Waals surface area contributed by atoms with E-state index in [2.05, 4.69) is 9.98 Å². The fraction of sp³-hybridized carbons (Fsp3) is 0. The molecule has 0 aromatic carbocycles. The Kier molecular flexibility index (Phi) is 0.997. The molecular weight excluding hydrogens is 108 g/mol. The van der Waals surface area contributed by atoms with Crippen molar-refractivity contribution in [1.82, 2.24) is 4.99 Å². The van der Waals surface area contributed by atoms with Gasteiger partial charge in [-0.1, -0.05) is 0 Å². The normalized spacial score (nSPS) is 17.5. The number of aliphatic imine (C=N–C) groups is 2. The van der Waals surface area contributed by atoms with Crippen molar-refractivity contribution in [3.8, 4) is 0 Å². The first-order valence-electron chi connectivity index (χ1n) is 2.00. The van der Waals surface area contributed by atoms with Gasteiger partial charge in [0.15, 0.2) is 6.21 Å². The Bertz CT molecular complexity index is 178. The summed E-state index contributed by atoms with van der Waals surface area (Å²) in [6, 6.07) is -0.412. The molecule has 0 spiro atoms. The average Bonchev–Trinajstić information content (AvgIpc) is 1.64. The highest BCUT2D eigenvalue weighted by Gasteiger charge is 2.10. The minimum atomic E-state index is -0.412. The van der Waals surface area contributed by atoms with Gasteiger partial charge in [0.1, 0.15) is 0 Å². The molecule has 0 bridgehead atoms. The summed E-state index contributed by atoms with van der Waals surface area (Å²) in [5.41, 5.74) is 0. The van der Waals surface area contributed by atoms with Gasteiger partial charge < -0.3 is 10.2 Å². The summed E-state index contributed by atoms with van der Waals surface area (Å²) in [6.45, 7) is 0. The van der Waals surface area contributed by atoms with Crippen LogP contribution in [0.4, 0.5) is 0 Å². The van der Waals surface area contributed by atoms with Crippen LogP contribution in [0.15, 0.2) is 17.0 Å². The molecule has 1 aliphatic heterocycles. The van der Waals surface area contributed by atoms with Gasteiger partial charge in [0.05, 0.1) is 6.08 Å². The van der Waals surface area contributed by atoms with Crippen LogP contribution in [-0.4, -0.2) is 22.4 Å². The summed E-state index contributed by atoms with van der Waals surface area (Å²) in [5.74, 6) is -0.225. The Morgan fingerprint density at radius 3 is 2.62 bits per heavy atom. The highest BCUT2D eigenvalue weighted by molar-refractivity contribution is 5.88. The van der Waals surface area contributed by atoms with Crippen molar-refractivity contribution in [2.45, 2.75) is 0 Å². The van der Waals surface area contributed by atoms with Gasteiger partial charge in [-0.3, -0.25) is 0 Å². The molecule has 0 aromatic heterocycles. The minimum absolute atomic E-state index is 0.225. The molecule has 0 atom stereocenters. The highest BCUT2D eigenvalue weighted by Crippen LogP contribution is 1.83. The third kappa shape index (κ3) is 0.841. The number of allylic oxidation sites excluding steroid dienone is 1. The van der Waals surface area contributed by atoms with Crippen LogP contribution >= 0.6 is 0 Å². The molecule has 0 saturated carbocycles. The van der Waals surface area contributed by atoms with Gasteiger partial charge in [-0.25, -0.2) is 0 Å². The van der Waals surface area contributed by atoms with E-state index in [0.29, 0.717) is 0 Å². The fourth-order valence-corrected chi connectivity index (χ4v) is 0.339. The molecule has 4 heteroatoms. The topological polar surface area (TPSA) is 66.9 Å². The standard InChI is InChI=1S/C4H4N2O2/c7-3-1-2-5-4(8)6-3/h1-2H,(H2,5,7,8)/q+1. The molecule has 8 heavy (non-hydrogen) atoms. The minimum Gasteiger partial charge on any atom is -0.475 e. The van der Waals surface area contributed by atoms with E-state index < -0.39 is 6.02 Å². The second kappa shape index (κ2) is 1.65. The Balaban J connectivity index is 2.89. The van der Waals surface area contributed by atoms with Crippen molar-refractivity contribution in [3.63, 3.8) is 0 Å². The van der Waals surface area contributed by atoms with Gasteiger partial charge in [0.2, 0.25) is 0 Å². The Labute approximate surface area is 45.5 Å². The number of aliphatic hydroxyl groups excluding tert-OH is 2. The molecule has 1 radical (unpaired) electrons. The fourth-order valence-electron chi connectivity index (χ4n) is 0.339. The number of rotatable bonds is 0. The molecule has 0 fully saturated rings. The lowest BCUT2D eigenvalue weighted by molar-refractivity contribution is 0.384. The number of hydrogen-bond donors (Lipinski definition) is 2. The van der Waals surface area contributed by atoms with Crippen molar-refractivity contribution in [2.24, 2.45) is 4.99 Å². The molecule has 0 amide bonds. The van der Waals surface area contributed by atoms with E-state index in [9.17, 15) is 0 Å². The SMILES string of the molecule is OC1=CC=NC(O)=[N+]1. The van der Waals surface area contributed by atoms with Gasteiger partial charge in [-0.2, -0.15) is 0 Å². The van der Waals surface area contributed by atoms with Crippen LogP contribution in [0.2, 0.25) is 0 Å². The molecular formula is C4H4N2O2+. The smallest absolute Gasteiger partial charge is 0.475 e. The number of amidine groups is 1. The summed E-state index contributed by atoms with van der Waals surface area (Å²) >= 11 is 0. The maximum absolute atomic E-state index is 8.50. The van der Waals surface area contributed by atoms with E-state index >= 15 is 0 Å². The summed E-state index contributed by atoms with van der Waals surface area (Å²) < 4.78 is 0.